The van der Waals surface area contributed by atoms with Gasteiger partial charge in [-0.15, -0.1) is 0 Å². The average Bonchev–Trinajstić information content (AvgIpc) is 3.26. The Hall–Kier alpha value is -2.14. The summed E-state index contributed by atoms with van der Waals surface area (Å²) >= 11 is 0. The molecule has 0 spiro atoms. The van der Waals surface area contributed by atoms with Crippen LogP contribution in [0.2, 0.25) is 0 Å². The highest BCUT2D eigenvalue weighted by Crippen LogP contribution is 2.18. The van der Waals surface area contributed by atoms with Crippen LogP contribution in [0.1, 0.15) is 44.2 Å². The summed E-state index contributed by atoms with van der Waals surface area (Å²) in [6.07, 6.45) is 7.47. The van der Waals surface area contributed by atoms with Crippen LogP contribution >= 0.6 is 0 Å². The summed E-state index contributed by atoms with van der Waals surface area (Å²) in [5, 5.41) is 7.26. The Bertz CT molecular complexity index is 616. The molecule has 1 aliphatic heterocycles. The van der Waals surface area contributed by atoms with E-state index in [1.54, 1.807) is 6.20 Å². The molecule has 2 atom stereocenters. The quantitative estimate of drug-likeness (QED) is 0.892. The van der Waals surface area contributed by atoms with Crippen molar-refractivity contribution in [2.45, 2.75) is 44.8 Å². The van der Waals surface area contributed by atoms with E-state index in [0.717, 1.165) is 37.1 Å². The molecular formula is C18H23N3O2. The molecule has 1 aromatic carbocycles. The smallest absolute Gasteiger partial charge is 0.220 e. The van der Waals surface area contributed by atoms with Crippen molar-refractivity contribution in [2.24, 2.45) is 0 Å². The highest BCUT2D eigenvalue weighted by Gasteiger charge is 2.17. The maximum atomic E-state index is 12.1. The molecule has 5 heteroatoms. The first-order chi connectivity index (χ1) is 11.2. The summed E-state index contributed by atoms with van der Waals surface area (Å²) < 4.78 is 7.37. The molecule has 5 nitrogen and oxygen atoms in total. The zero-order valence-electron chi connectivity index (χ0n) is 13.4. The Labute approximate surface area is 136 Å². The first-order valence-corrected chi connectivity index (χ1v) is 8.23. The minimum absolute atomic E-state index is 0.00123. The number of ether oxygens (including phenoxy) is 1. The fourth-order valence-corrected chi connectivity index (χ4v) is 2.90. The van der Waals surface area contributed by atoms with Gasteiger partial charge in [0.25, 0.3) is 0 Å². The van der Waals surface area contributed by atoms with Crippen molar-refractivity contribution in [2.75, 3.05) is 6.61 Å². The molecule has 1 aliphatic rings. The van der Waals surface area contributed by atoms with Crippen molar-refractivity contribution in [3.8, 4) is 5.69 Å². The monoisotopic (exact) mass is 313 g/mol. The first kappa shape index (κ1) is 15.7. The molecule has 0 aliphatic carbocycles. The summed E-state index contributed by atoms with van der Waals surface area (Å²) in [4.78, 5) is 12.1. The van der Waals surface area contributed by atoms with Gasteiger partial charge in [0.1, 0.15) is 0 Å². The number of hydrogen-bond donors (Lipinski definition) is 1. The lowest BCUT2D eigenvalue weighted by Crippen LogP contribution is -2.27. The predicted octanol–water partition coefficient (Wildman–Crippen LogP) is 3.01. The van der Waals surface area contributed by atoms with Crippen LogP contribution in [-0.4, -0.2) is 28.4 Å². The SMILES string of the molecule is C[C@@H](NC(=O)CC[C@@H]1CCCO1)c1ccc(-n2cccn2)cc1. The van der Waals surface area contributed by atoms with Gasteiger partial charge in [-0.2, -0.15) is 5.10 Å². The van der Waals surface area contributed by atoms with E-state index in [1.165, 1.54) is 0 Å². The fourth-order valence-electron chi connectivity index (χ4n) is 2.90. The molecule has 1 saturated heterocycles. The number of carbonyl (C=O) groups excluding carboxylic acids is 1. The lowest BCUT2D eigenvalue weighted by Gasteiger charge is -2.16. The van der Waals surface area contributed by atoms with Crippen molar-refractivity contribution < 1.29 is 9.53 Å². The molecule has 2 heterocycles. The molecule has 122 valence electrons. The summed E-state index contributed by atoms with van der Waals surface area (Å²) in [5.74, 6) is 0.0872. The zero-order chi connectivity index (χ0) is 16.1. The van der Waals surface area contributed by atoms with Crippen LogP contribution in [-0.2, 0) is 9.53 Å². The number of aromatic nitrogens is 2. The van der Waals surface area contributed by atoms with E-state index in [0.29, 0.717) is 6.42 Å². The van der Waals surface area contributed by atoms with E-state index in [2.05, 4.69) is 10.4 Å². The average molecular weight is 313 g/mol. The van der Waals surface area contributed by atoms with Crippen LogP contribution in [0.5, 0.6) is 0 Å². The number of benzene rings is 1. The second-order valence-electron chi connectivity index (χ2n) is 6.01. The highest BCUT2D eigenvalue weighted by atomic mass is 16.5. The van der Waals surface area contributed by atoms with Gasteiger partial charge in [-0.3, -0.25) is 4.79 Å². The van der Waals surface area contributed by atoms with E-state index in [-0.39, 0.29) is 18.1 Å². The fraction of sp³-hybridized carbons (Fsp3) is 0.444. The second-order valence-corrected chi connectivity index (χ2v) is 6.01. The minimum atomic E-state index is -0.00123. The van der Waals surface area contributed by atoms with Gasteiger partial charge in [-0.25, -0.2) is 4.68 Å². The number of amides is 1. The Morgan fingerprint density at radius 2 is 2.26 bits per heavy atom. The van der Waals surface area contributed by atoms with E-state index in [4.69, 9.17) is 4.74 Å². The lowest BCUT2D eigenvalue weighted by molar-refractivity contribution is -0.122. The van der Waals surface area contributed by atoms with Gasteiger partial charge >= 0.3 is 0 Å². The molecule has 0 unspecified atom stereocenters. The van der Waals surface area contributed by atoms with E-state index in [1.807, 2.05) is 48.1 Å². The summed E-state index contributed by atoms with van der Waals surface area (Å²) in [7, 11) is 0. The maximum absolute atomic E-state index is 12.1. The van der Waals surface area contributed by atoms with Crippen LogP contribution < -0.4 is 5.32 Å². The van der Waals surface area contributed by atoms with Crippen molar-refractivity contribution in [3.63, 3.8) is 0 Å². The first-order valence-electron chi connectivity index (χ1n) is 8.23. The Balaban J connectivity index is 1.51. The molecule has 1 amide bonds. The molecule has 1 fully saturated rings. The van der Waals surface area contributed by atoms with Crippen molar-refractivity contribution in [1.82, 2.24) is 15.1 Å². The second kappa shape index (κ2) is 7.42. The third kappa shape index (κ3) is 4.20. The van der Waals surface area contributed by atoms with Gasteiger partial charge in [0.2, 0.25) is 5.91 Å². The molecule has 23 heavy (non-hydrogen) atoms. The number of nitrogens with one attached hydrogen (secondary N) is 1. The molecule has 2 aromatic rings. The van der Waals surface area contributed by atoms with Gasteiger partial charge in [0, 0.05) is 25.4 Å². The predicted molar refractivity (Wildman–Crippen MR) is 88.3 cm³/mol. The Morgan fingerprint density at radius 3 is 2.91 bits per heavy atom. The van der Waals surface area contributed by atoms with Gasteiger partial charge < -0.3 is 10.1 Å². The number of nitrogens with zero attached hydrogens (tertiary/aromatic N) is 2. The minimum Gasteiger partial charge on any atom is -0.378 e. The molecule has 0 radical (unpaired) electrons. The molecule has 3 rings (SSSR count). The van der Waals surface area contributed by atoms with Crippen LogP contribution in [0.25, 0.3) is 5.69 Å². The van der Waals surface area contributed by atoms with Crippen LogP contribution in [0.3, 0.4) is 0 Å². The standard InChI is InChI=1S/C18H23N3O2/c1-14(20-18(22)10-9-17-4-2-13-23-17)15-5-7-16(8-6-15)21-12-3-11-19-21/h3,5-8,11-12,14,17H,2,4,9-10,13H2,1H3,(H,20,22)/t14-,17+/m1/s1. The van der Waals surface area contributed by atoms with Crippen molar-refractivity contribution >= 4 is 5.91 Å². The molecule has 0 saturated carbocycles. The molecule has 0 bridgehead atoms. The number of hydrogen-bond acceptors (Lipinski definition) is 3. The topological polar surface area (TPSA) is 56.1 Å². The third-order valence-corrected chi connectivity index (χ3v) is 4.26. The number of carbonyl (C=O) groups is 1. The van der Waals surface area contributed by atoms with E-state index in [9.17, 15) is 4.79 Å². The normalized spacial score (nSPS) is 18.7. The number of rotatable bonds is 6. The summed E-state index contributed by atoms with van der Waals surface area (Å²) in [5.41, 5.74) is 2.10. The summed E-state index contributed by atoms with van der Waals surface area (Å²) in [6, 6.07) is 9.97. The lowest BCUT2D eigenvalue weighted by atomic mass is 10.1. The van der Waals surface area contributed by atoms with Crippen molar-refractivity contribution in [3.05, 3.63) is 48.3 Å². The summed E-state index contributed by atoms with van der Waals surface area (Å²) in [6.45, 7) is 2.85. The highest BCUT2D eigenvalue weighted by molar-refractivity contribution is 5.76. The molecular weight excluding hydrogens is 290 g/mol. The Kier molecular flexibility index (Phi) is 5.08. The molecule has 1 aromatic heterocycles. The molecule has 1 N–H and O–H groups in total. The van der Waals surface area contributed by atoms with Crippen LogP contribution in [0.4, 0.5) is 0 Å². The van der Waals surface area contributed by atoms with Crippen molar-refractivity contribution in [1.29, 1.82) is 0 Å². The maximum Gasteiger partial charge on any atom is 0.220 e. The van der Waals surface area contributed by atoms with Crippen LogP contribution in [0.15, 0.2) is 42.7 Å². The largest absolute Gasteiger partial charge is 0.378 e. The van der Waals surface area contributed by atoms with E-state index < -0.39 is 0 Å². The van der Waals surface area contributed by atoms with Crippen LogP contribution in [0, 0.1) is 0 Å². The third-order valence-electron chi connectivity index (χ3n) is 4.26. The van der Waals surface area contributed by atoms with Gasteiger partial charge in [-0.05, 0) is 49.9 Å². The van der Waals surface area contributed by atoms with E-state index >= 15 is 0 Å². The van der Waals surface area contributed by atoms with Gasteiger partial charge in [0.05, 0.1) is 17.8 Å². The van der Waals surface area contributed by atoms with Gasteiger partial charge in [-0.1, -0.05) is 12.1 Å². The zero-order valence-corrected chi connectivity index (χ0v) is 13.4. The van der Waals surface area contributed by atoms with Gasteiger partial charge in [0.15, 0.2) is 0 Å². The Morgan fingerprint density at radius 1 is 1.43 bits per heavy atom.